The molecule has 2 N–H and O–H groups in total. The molecule has 1 unspecified atom stereocenters. The van der Waals surface area contributed by atoms with Crippen molar-refractivity contribution in [1.29, 1.82) is 0 Å². The van der Waals surface area contributed by atoms with Crippen molar-refractivity contribution in [2.45, 2.75) is 32.4 Å². The minimum absolute atomic E-state index is 0.268. The van der Waals surface area contributed by atoms with Gasteiger partial charge in [0, 0.05) is 18.2 Å². The fourth-order valence-electron chi connectivity index (χ4n) is 1.36. The Balaban J connectivity index is 2.73. The molecule has 4 heteroatoms. The molecular weight excluding hydrogens is 212 g/mol. The van der Waals surface area contributed by atoms with Crippen molar-refractivity contribution in [3.8, 4) is 0 Å². The highest BCUT2D eigenvalue weighted by atomic mass is 19.1. The molecule has 1 aromatic rings. The summed E-state index contributed by atoms with van der Waals surface area (Å²) in [5, 5.41) is 12.5. The number of nitrogens with one attached hydrogen (secondary N) is 1. The summed E-state index contributed by atoms with van der Waals surface area (Å²) in [5.74, 6) is -0.912. The number of rotatable bonds is 4. The number of hydrogen-bond acceptors (Lipinski definition) is 2. The number of benzene rings is 1. The topological polar surface area (TPSA) is 32.3 Å². The second-order valence-corrected chi connectivity index (χ2v) is 4.58. The molecule has 0 bridgehead atoms. The molecule has 1 atom stereocenters. The number of halogens is 2. The highest BCUT2D eigenvalue weighted by Gasteiger charge is 2.16. The average molecular weight is 229 g/mol. The maximum atomic E-state index is 13.4. The SMILES string of the molecule is CC(NCC(C)(C)O)c1cc(F)ccc1F. The van der Waals surface area contributed by atoms with E-state index in [0.717, 1.165) is 18.2 Å². The molecule has 1 aromatic carbocycles. The van der Waals surface area contributed by atoms with Crippen molar-refractivity contribution >= 4 is 0 Å². The van der Waals surface area contributed by atoms with Gasteiger partial charge in [-0.15, -0.1) is 0 Å². The van der Waals surface area contributed by atoms with E-state index in [9.17, 15) is 13.9 Å². The summed E-state index contributed by atoms with van der Waals surface area (Å²) in [6.07, 6.45) is 0. The molecular formula is C12H17F2NO. The summed E-state index contributed by atoms with van der Waals surface area (Å²) in [7, 11) is 0. The van der Waals surface area contributed by atoms with Crippen molar-refractivity contribution < 1.29 is 13.9 Å². The first-order valence-corrected chi connectivity index (χ1v) is 5.20. The largest absolute Gasteiger partial charge is 0.389 e. The van der Waals surface area contributed by atoms with Gasteiger partial charge < -0.3 is 10.4 Å². The van der Waals surface area contributed by atoms with E-state index in [1.807, 2.05) is 0 Å². The molecule has 0 aromatic heterocycles. The van der Waals surface area contributed by atoms with Gasteiger partial charge in [-0.2, -0.15) is 0 Å². The van der Waals surface area contributed by atoms with Gasteiger partial charge in [-0.3, -0.25) is 0 Å². The summed E-state index contributed by atoms with van der Waals surface area (Å²) < 4.78 is 26.3. The van der Waals surface area contributed by atoms with Gasteiger partial charge in [0.05, 0.1) is 5.60 Å². The van der Waals surface area contributed by atoms with Gasteiger partial charge in [0.2, 0.25) is 0 Å². The van der Waals surface area contributed by atoms with Gasteiger partial charge in [-0.05, 0) is 39.0 Å². The summed E-state index contributed by atoms with van der Waals surface area (Å²) in [4.78, 5) is 0. The summed E-state index contributed by atoms with van der Waals surface area (Å²) in [6.45, 7) is 5.33. The Hall–Kier alpha value is -1.00. The molecule has 0 aliphatic carbocycles. The van der Waals surface area contributed by atoms with Gasteiger partial charge in [0.15, 0.2) is 0 Å². The van der Waals surface area contributed by atoms with Crippen LogP contribution in [0.15, 0.2) is 18.2 Å². The number of hydrogen-bond donors (Lipinski definition) is 2. The van der Waals surface area contributed by atoms with E-state index >= 15 is 0 Å². The Bertz CT molecular complexity index is 361. The third kappa shape index (κ3) is 3.87. The van der Waals surface area contributed by atoms with Crippen molar-refractivity contribution in [2.75, 3.05) is 6.54 Å². The van der Waals surface area contributed by atoms with E-state index in [0.29, 0.717) is 6.54 Å². The lowest BCUT2D eigenvalue weighted by molar-refractivity contribution is 0.0769. The van der Waals surface area contributed by atoms with Crippen molar-refractivity contribution in [1.82, 2.24) is 5.32 Å². The van der Waals surface area contributed by atoms with Crippen molar-refractivity contribution in [3.05, 3.63) is 35.4 Å². The zero-order chi connectivity index (χ0) is 12.3. The van der Waals surface area contributed by atoms with E-state index in [-0.39, 0.29) is 11.6 Å². The fourth-order valence-corrected chi connectivity index (χ4v) is 1.36. The monoisotopic (exact) mass is 229 g/mol. The van der Waals surface area contributed by atoms with E-state index in [1.54, 1.807) is 20.8 Å². The molecule has 1 rings (SSSR count). The smallest absolute Gasteiger partial charge is 0.128 e. The highest BCUT2D eigenvalue weighted by molar-refractivity contribution is 5.21. The van der Waals surface area contributed by atoms with Gasteiger partial charge in [-0.1, -0.05) is 0 Å². The second kappa shape index (κ2) is 4.89. The predicted molar refractivity (Wildman–Crippen MR) is 59.1 cm³/mol. The third-order valence-corrected chi connectivity index (χ3v) is 2.27. The highest BCUT2D eigenvalue weighted by Crippen LogP contribution is 2.18. The molecule has 16 heavy (non-hydrogen) atoms. The van der Waals surface area contributed by atoms with Crippen molar-refractivity contribution in [3.63, 3.8) is 0 Å². The normalized spacial score (nSPS) is 13.9. The van der Waals surface area contributed by atoms with Crippen LogP contribution >= 0.6 is 0 Å². The van der Waals surface area contributed by atoms with E-state index in [1.165, 1.54) is 0 Å². The summed E-state index contributed by atoms with van der Waals surface area (Å²) >= 11 is 0. The first kappa shape index (κ1) is 13.1. The second-order valence-electron chi connectivity index (χ2n) is 4.58. The molecule has 0 aliphatic rings. The Morgan fingerprint density at radius 1 is 1.38 bits per heavy atom. The van der Waals surface area contributed by atoms with Gasteiger partial charge in [-0.25, -0.2) is 8.78 Å². The zero-order valence-corrected chi connectivity index (χ0v) is 9.72. The molecule has 0 heterocycles. The maximum Gasteiger partial charge on any atom is 0.128 e. The lowest BCUT2D eigenvalue weighted by Crippen LogP contribution is -2.36. The molecule has 0 saturated heterocycles. The zero-order valence-electron chi connectivity index (χ0n) is 9.72. The first-order chi connectivity index (χ1) is 7.29. The molecule has 0 amide bonds. The molecule has 2 nitrogen and oxygen atoms in total. The number of aliphatic hydroxyl groups is 1. The predicted octanol–water partition coefficient (Wildman–Crippen LogP) is 2.39. The molecule has 0 fully saturated rings. The van der Waals surface area contributed by atoms with Gasteiger partial charge in [0.1, 0.15) is 11.6 Å². The molecule has 90 valence electrons. The van der Waals surface area contributed by atoms with Crippen LogP contribution in [0.5, 0.6) is 0 Å². The fraction of sp³-hybridized carbons (Fsp3) is 0.500. The third-order valence-electron chi connectivity index (χ3n) is 2.27. The van der Waals surface area contributed by atoms with Crippen LogP contribution in [0.3, 0.4) is 0 Å². The molecule has 0 saturated carbocycles. The van der Waals surface area contributed by atoms with Crippen LogP contribution in [0.25, 0.3) is 0 Å². The Labute approximate surface area is 94.3 Å². The van der Waals surface area contributed by atoms with Gasteiger partial charge in [0.25, 0.3) is 0 Å². The minimum Gasteiger partial charge on any atom is -0.389 e. The van der Waals surface area contributed by atoms with Crippen LogP contribution in [0.1, 0.15) is 32.4 Å². The van der Waals surface area contributed by atoms with Crippen LogP contribution < -0.4 is 5.32 Å². The van der Waals surface area contributed by atoms with Crippen LogP contribution in [0.4, 0.5) is 8.78 Å². The Morgan fingerprint density at radius 2 is 2.00 bits per heavy atom. The summed E-state index contributed by atoms with van der Waals surface area (Å²) in [6, 6.07) is 3.01. The van der Waals surface area contributed by atoms with E-state index in [4.69, 9.17) is 0 Å². The van der Waals surface area contributed by atoms with Crippen LogP contribution in [0.2, 0.25) is 0 Å². The standard InChI is InChI=1S/C12H17F2NO/c1-8(15-7-12(2,3)16)10-6-9(13)4-5-11(10)14/h4-6,8,15-16H,7H2,1-3H3. The Morgan fingerprint density at radius 3 is 2.56 bits per heavy atom. The van der Waals surface area contributed by atoms with Crippen LogP contribution in [-0.2, 0) is 0 Å². The lowest BCUT2D eigenvalue weighted by atomic mass is 10.1. The minimum atomic E-state index is -0.877. The maximum absolute atomic E-state index is 13.4. The molecule has 0 aliphatic heterocycles. The van der Waals surface area contributed by atoms with Crippen molar-refractivity contribution in [2.24, 2.45) is 0 Å². The van der Waals surface area contributed by atoms with E-state index in [2.05, 4.69) is 5.32 Å². The average Bonchev–Trinajstić information content (AvgIpc) is 2.17. The van der Waals surface area contributed by atoms with Crippen LogP contribution in [-0.4, -0.2) is 17.3 Å². The first-order valence-electron chi connectivity index (χ1n) is 5.20. The summed E-state index contributed by atoms with van der Waals surface area (Å²) in [5.41, 5.74) is -0.609. The molecule has 0 radical (unpaired) electrons. The quantitative estimate of drug-likeness (QED) is 0.830. The van der Waals surface area contributed by atoms with Crippen LogP contribution in [0, 0.1) is 11.6 Å². The Kier molecular flexibility index (Phi) is 3.99. The van der Waals surface area contributed by atoms with Gasteiger partial charge >= 0.3 is 0 Å². The molecule has 0 spiro atoms. The van der Waals surface area contributed by atoms with E-state index < -0.39 is 17.2 Å². The lowest BCUT2D eigenvalue weighted by Gasteiger charge is -2.22.